The molecule has 0 heterocycles. The van der Waals surface area contributed by atoms with Gasteiger partial charge in [0.2, 0.25) is 0 Å². The van der Waals surface area contributed by atoms with Gasteiger partial charge in [-0.3, -0.25) is 24.5 Å². The fourth-order valence-corrected chi connectivity index (χ4v) is 6.91. The number of hydrogen-bond donors (Lipinski definition) is 0. The normalized spacial score (nSPS) is 11.3. The van der Waals surface area contributed by atoms with Gasteiger partial charge in [-0.15, -0.1) is 10.2 Å². The van der Waals surface area contributed by atoms with Crippen LogP contribution in [0.5, 0.6) is 11.5 Å². The summed E-state index contributed by atoms with van der Waals surface area (Å²) >= 11 is 0. The molecule has 0 bridgehead atoms. The number of nitro benzene ring substituents is 1. The quantitative estimate of drug-likeness (QED) is 0.0181. The summed E-state index contributed by atoms with van der Waals surface area (Å²) in [5.74, 6) is 0.377. The number of rotatable bonds is 36. The molecule has 0 amide bonds. The fraction of sp³-hybridized carbons (Fsp3) is 0.580. The van der Waals surface area contributed by atoms with Crippen molar-refractivity contribution in [1.82, 2.24) is 0 Å². The molecule has 0 aliphatic carbocycles. The molecule has 0 aliphatic rings. The van der Waals surface area contributed by atoms with Crippen molar-refractivity contribution in [2.24, 2.45) is 20.5 Å². The molecule has 0 radical (unpaired) electrons. The van der Waals surface area contributed by atoms with Gasteiger partial charge >= 0.3 is 5.97 Å². The Balaban J connectivity index is 1.52. The number of azo groups is 2. The molecule has 64 heavy (non-hydrogen) atoms. The topological polar surface area (TPSA) is 175 Å². The van der Waals surface area contributed by atoms with Crippen molar-refractivity contribution < 1.29 is 33.5 Å². The summed E-state index contributed by atoms with van der Waals surface area (Å²) in [6, 6.07) is 16.3. The van der Waals surface area contributed by atoms with Crippen molar-refractivity contribution >= 4 is 51.7 Å². The highest BCUT2D eigenvalue weighted by Gasteiger charge is 2.15. The molecule has 0 atom stereocenters. The fourth-order valence-electron chi connectivity index (χ4n) is 6.91. The molecule has 0 aliphatic heterocycles. The van der Waals surface area contributed by atoms with Crippen molar-refractivity contribution in [2.75, 3.05) is 37.8 Å². The zero-order chi connectivity index (χ0) is 46.2. The van der Waals surface area contributed by atoms with Crippen LogP contribution >= 0.6 is 0 Å². The number of nitro groups is 1. The predicted molar refractivity (Wildman–Crippen MR) is 254 cm³/mol. The third kappa shape index (κ3) is 22.2. The van der Waals surface area contributed by atoms with Crippen molar-refractivity contribution in [3.8, 4) is 11.5 Å². The molecular formula is C50H72N6O8. The highest BCUT2D eigenvalue weighted by Crippen LogP contribution is 2.42. The zero-order valence-corrected chi connectivity index (χ0v) is 38.9. The van der Waals surface area contributed by atoms with E-state index >= 15 is 0 Å². The van der Waals surface area contributed by atoms with Crippen molar-refractivity contribution in [3.63, 3.8) is 0 Å². The molecule has 350 valence electrons. The number of unbranched alkanes of at least 4 members (excludes halogenated alkanes) is 15. The Morgan fingerprint density at radius 2 is 1.06 bits per heavy atom. The van der Waals surface area contributed by atoms with Gasteiger partial charge in [0, 0.05) is 62.2 Å². The molecule has 3 rings (SSSR count). The van der Waals surface area contributed by atoms with Gasteiger partial charge in [0.15, 0.2) is 0 Å². The van der Waals surface area contributed by atoms with Crippen LogP contribution < -0.4 is 14.4 Å². The van der Waals surface area contributed by atoms with Gasteiger partial charge < -0.3 is 19.1 Å². The lowest BCUT2D eigenvalue weighted by Crippen LogP contribution is -2.27. The maximum absolute atomic E-state index is 12.5. The Morgan fingerprint density at radius 1 is 0.594 bits per heavy atom. The number of nitrogens with zero attached hydrogens (tertiary/aromatic N) is 6. The van der Waals surface area contributed by atoms with Crippen LogP contribution in [0.15, 0.2) is 81.1 Å². The molecule has 0 N–H and O–H groups in total. The number of esters is 1. The van der Waals surface area contributed by atoms with Gasteiger partial charge in [0.25, 0.3) is 5.69 Å². The molecule has 0 aromatic heterocycles. The zero-order valence-electron chi connectivity index (χ0n) is 38.9. The number of hydrogen-bond acceptors (Lipinski definition) is 13. The van der Waals surface area contributed by atoms with E-state index in [1.54, 1.807) is 19.1 Å². The summed E-state index contributed by atoms with van der Waals surface area (Å²) in [6.45, 7) is 9.32. The second kappa shape index (κ2) is 32.2. The largest absolute Gasteiger partial charge is 0.491 e. The molecule has 0 spiro atoms. The highest BCUT2D eigenvalue weighted by molar-refractivity contribution is 5.78. The van der Waals surface area contributed by atoms with Crippen LogP contribution in [-0.2, 0) is 19.1 Å². The van der Waals surface area contributed by atoms with E-state index in [9.17, 15) is 24.5 Å². The smallest absolute Gasteiger partial charge is 0.305 e. The molecule has 0 saturated carbocycles. The lowest BCUT2D eigenvalue weighted by atomic mass is 10.0. The summed E-state index contributed by atoms with van der Waals surface area (Å²) < 4.78 is 17.6. The van der Waals surface area contributed by atoms with E-state index in [2.05, 4.69) is 32.3 Å². The lowest BCUT2D eigenvalue weighted by molar-refractivity contribution is -0.384. The first-order valence-corrected chi connectivity index (χ1v) is 23.7. The molecule has 14 nitrogen and oxygen atoms in total. The van der Waals surface area contributed by atoms with Crippen molar-refractivity contribution in [2.45, 2.75) is 156 Å². The minimum absolute atomic E-state index is 0.0374. The first kappa shape index (κ1) is 52.8. The Hall–Kier alpha value is -5.53. The Kier molecular flexibility index (Phi) is 26.6. The predicted octanol–water partition coefficient (Wildman–Crippen LogP) is 14.6. The number of ether oxygens (including phenoxy) is 3. The maximum Gasteiger partial charge on any atom is 0.305 e. The third-order valence-corrected chi connectivity index (χ3v) is 10.8. The number of carbonyl (C=O) groups is 3. The number of carbonyl (C=O) groups excluding carboxylic acids is 3. The van der Waals surface area contributed by atoms with E-state index in [0.717, 1.165) is 25.1 Å². The van der Waals surface area contributed by atoms with Crippen molar-refractivity contribution in [1.29, 1.82) is 0 Å². The van der Waals surface area contributed by atoms with E-state index in [1.165, 1.54) is 121 Å². The average Bonchev–Trinajstić information content (AvgIpc) is 3.29. The highest BCUT2D eigenvalue weighted by atomic mass is 16.6. The van der Waals surface area contributed by atoms with Gasteiger partial charge in [0.1, 0.15) is 41.0 Å². The van der Waals surface area contributed by atoms with E-state index in [-0.39, 0.29) is 66.5 Å². The first-order chi connectivity index (χ1) is 31.1. The minimum atomic E-state index is -0.500. The first-order valence-electron chi connectivity index (χ1n) is 23.7. The number of Topliss-reactive ketones (excluding diaryl/α,β-unsaturated/α-hetero) is 2. The number of benzene rings is 3. The molecule has 3 aromatic carbocycles. The molecule has 14 heteroatoms. The summed E-state index contributed by atoms with van der Waals surface area (Å²) in [6.07, 6.45) is 21.9. The van der Waals surface area contributed by atoms with Gasteiger partial charge in [0.05, 0.1) is 36.1 Å². The summed E-state index contributed by atoms with van der Waals surface area (Å²) in [5, 5.41) is 28.6. The minimum Gasteiger partial charge on any atom is -0.491 e. The number of anilines is 1. The van der Waals surface area contributed by atoms with Gasteiger partial charge in [-0.1, -0.05) is 110 Å². The van der Waals surface area contributed by atoms with Crippen LogP contribution in [0.1, 0.15) is 156 Å². The SMILES string of the molecule is CCCCCCCCCCCCCCCCCCC(=O)OCCN(CC)c1ccc(N=Nc2cc(OCCC(C)=O)c(N=Nc3ccc([N+](=O)[O-])cc3)cc2OCCC(=O)CC)cc1. The van der Waals surface area contributed by atoms with Crippen LogP contribution in [0, 0.1) is 10.1 Å². The number of non-ortho nitro benzene ring substituents is 1. The Morgan fingerprint density at radius 3 is 1.52 bits per heavy atom. The van der Waals surface area contributed by atoms with Gasteiger partial charge in [-0.25, -0.2) is 0 Å². The monoisotopic (exact) mass is 885 g/mol. The van der Waals surface area contributed by atoms with E-state index < -0.39 is 4.92 Å². The molecule has 0 unspecified atom stereocenters. The van der Waals surface area contributed by atoms with Crippen LogP contribution in [-0.4, -0.2) is 55.4 Å². The van der Waals surface area contributed by atoms with Crippen LogP contribution in [0.25, 0.3) is 0 Å². The Labute approximate surface area is 380 Å². The van der Waals surface area contributed by atoms with E-state index in [0.29, 0.717) is 43.1 Å². The van der Waals surface area contributed by atoms with E-state index in [1.807, 2.05) is 31.2 Å². The number of ketones is 2. The molecular weight excluding hydrogens is 813 g/mol. The van der Waals surface area contributed by atoms with E-state index in [4.69, 9.17) is 14.2 Å². The van der Waals surface area contributed by atoms with Gasteiger partial charge in [-0.2, -0.15) is 10.2 Å². The molecule has 0 fully saturated rings. The second-order valence-electron chi connectivity index (χ2n) is 16.1. The lowest BCUT2D eigenvalue weighted by Gasteiger charge is -2.23. The third-order valence-electron chi connectivity index (χ3n) is 10.8. The van der Waals surface area contributed by atoms with Crippen LogP contribution in [0.3, 0.4) is 0 Å². The average molecular weight is 885 g/mol. The summed E-state index contributed by atoms with van der Waals surface area (Å²) in [7, 11) is 0. The summed E-state index contributed by atoms with van der Waals surface area (Å²) in [5.41, 5.74) is 2.36. The number of likely N-dealkylation sites (N-methyl/N-ethyl adjacent to an activating group) is 1. The second-order valence-corrected chi connectivity index (χ2v) is 16.1. The molecule has 3 aromatic rings. The van der Waals surface area contributed by atoms with Gasteiger partial charge in [-0.05, 0) is 56.7 Å². The maximum atomic E-state index is 12.5. The molecule has 0 saturated heterocycles. The van der Waals surface area contributed by atoms with Crippen molar-refractivity contribution in [3.05, 3.63) is 70.8 Å². The standard InChI is InChI=1S/C50H72N6O8/c1-5-8-9-10-11-12-13-14-15-16-17-18-19-20-21-22-23-50(59)64-37-34-55(7-3)43-28-24-41(25-29-43)51-54-47-38-48(62-35-32-40(4)57)46(39-49(47)63-36-33-45(58)6-2)53-52-42-26-30-44(31-27-42)56(60)61/h24-31,38-39H,5-23,32-37H2,1-4H3. The summed E-state index contributed by atoms with van der Waals surface area (Å²) in [4.78, 5) is 48.9. The Bertz CT molecular complexity index is 1880. The van der Waals surface area contributed by atoms with Crippen LogP contribution in [0.2, 0.25) is 0 Å². The van der Waals surface area contributed by atoms with Crippen LogP contribution in [0.4, 0.5) is 34.1 Å².